The summed E-state index contributed by atoms with van der Waals surface area (Å²) in [6.45, 7) is -1.56. The number of hydrogen-bond donors (Lipinski definition) is 1. The first-order chi connectivity index (χ1) is 4.09. The summed E-state index contributed by atoms with van der Waals surface area (Å²) in [5.74, 6) is -0.903. The van der Waals surface area contributed by atoms with Gasteiger partial charge in [0.25, 0.3) is 0 Å². The van der Waals surface area contributed by atoms with Crippen LogP contribution in [0.3, 0.4) is 0 Å². The van der Waals surface area contributed by atoms with Gasteiger partial charge in [-0.05, 0) is 0 Å². The molecule has 3 heteroatoms. The van der Waals surface area contributed by atoms with Crippen LogP contribution in [0.5, 0.6) is 0 Å². The third-order valence-electron chi connectivity index (χ3n) is 0.307. The van der Waals surface area contributed by atoms with Gasteiger partial charge in [-0.2, -0.15) is 0 Å². The minimum absolute atomic E-state index is 0.0359. The molecule has 6 heavy (non-hydrogen) atoms. The van der Waals surface area contributed by atoms with E-state index in [9.17, 15) is 4.79 Å². The number of esters is 1. The Bertz CT molecular complexity index is 107. The molecular formula is C3H7NO2. The fourth-order valence-electron chi connectivity index (χ4n) is 0.0527. The highest BCUT2D eigenvalue weighted by Gasteiger charge is 1.87. The van der Waals surface area contributed by atoms with Crippen LogP contribution < -0.4 is 5.72 Å². The first-order valence-corrected chi connectivity index (χ1v) is 1.36. The van der Waals surface area contributed by atoms with Gasteiger partial charge in [-0.1, -0.05) is 0 Å². The summed E-state index contributed by atoms with van der Waals surface area (Å²) < 4.78 is 23.6. The lowest BCUT2D eigenvalue weighted by Crippen LogP contribution is -2.14. The van der Waals surface area contributed by atoms with E-state index < -0.39 is 12.5 Å². The second-order valence-corrected chi connectivity index (χ2v) is 0.652. The van der Waals surface area contributed by atoms with Gasteiger partial charge in [0, 0.05) is 0 Å². The molecule has 0 aromatic heterocycles. The van der Waals surface area contributed by atoms with E-state index in [4.69, 9.17) is 4.19 Å². The fourth-order valence-corrected chi connectivity index (χ4v) is 0.0527. The van der Waals surface area contributed by atoms with E-state index in [2.05, 4.69) is 4.74 Å². The summed E-state index contributed by atoms with van der Waals surface area (Å²) in [5, 5.41) is 0. The van der Waals surface area contributed by atoms with Crippen LogP contribution in [-0.4, -0.2) is 19.6 Å². The molecule has 0 radical (unpaired) electrons. The van der Waals surface area contributed by atoms with Gasteiger partial charge in [-0.3, -0.25) is 4.79 Å². The smallest absolute Gasteiger partial charge is 0.319 e. The Labute approximate surface area is 40.4 Å². The lowest BCUT2D eigenvalue weighted by molar-refractivity contribution is -0.138. The van der Waals surface area contributed by atoms with E-state index >= 15 is 0 Å². The predicted octanol–water partition coefficient (Wildman–Crippen LogP) is -0.882. The van der Waals surface area contributed by atoms with Crippen molar-refractivity contribution in [3.63, 3.8) is 0 Å². The van der Waals surface area contributed by atoms with E-state index in [1.165, 1.54) is 0 Å². The van der Waals surface area contributed by atoms with E-state index in [1.807, 2.05) is 0 Å². The highest BCUT2D eigenvalue weighted by atomic mass is 16.5. The van der Waals surface area contributed by atoms with Gasteiger partial charge in [0.2, 0.25) is 0 Å². The average molecular weight is 92.1 g/mol. The van der Waals surface area contributed by atoms with Crippen LogP contribution >= 0.6 is 0 Å². The quantitative estimate of drug-likeness (QED) is 0.450. The topological polar surface area (TPSA) is 52.3 Å². The molecule has 36 valence electrons. The van der Waals surface area contributed by atoms with Crippen molar-refractivity contribution >= 4 is 5.97 Å². The minimum Gasteiger partial charge on any atom is -0.468 e. The zero-order valence-electron chi connectivity index (χ0n) is 6.34. The monoisotopic (exact) mass is 92.1 g/mol. The molecule has 1 atom stereocenters. The van der Waals surface area contributed by atoms with Crippen LogP contribution in [0.4, 0.5) is 0 Å². The molecule has 0 rings (SSSR count). The zero-order valence-corrected chi connectivity index (χ0v) is 3.34. The average Bonchev–Trinajstić information content (AvgIpc) is 1.84. The van der Waals surface area contributed by atoms with E-state index in [0.717, 1.165) is 7.11 Å². The lowest BCUT2D eigenvalue weighted by atomic mass is 10.7. The third kappa shape index (κ3) is 1.72. The molecule has 2 N–H and O–H groups in total. The molecule has 0 saturated heterocycles. The Balaban J connectivity index is 3.72. The Hall–Kier alpha value is -0.570. The minimum atomic E-state index is -1.56. The predicted molar refractivity (Wildman–Crippen MR) is 21.1 cm³/mol. The molecule has 0 saturated carbocycles. The molecule has 3 nitrogen and oxygen atoms in total. The van der Waals surface area contributed by atoms with Crippen molar-refractivity contribution in [1.82, 2.24) is 0 Å². The molecule has 0 fully saturated rings. The molecule has 0 aliphatic carbocycles. The first-order valence-electron chi connectivity index (χ1n) is 2.84. The fraction of sp³-hybridized carbons (Fsp3) is 0.667. The highest BCUT2D eigenvalue weighted by molar-refractivity contribution is 5.70. The van der Waals surface area contributed by atoms with Crippen molar-refractivity contribution in [2.45, 2.75) is 0 Å². The van der Waals surface area contributed by atoms with Gasteiger partial charge >= 0.3 is 5.97 Å². The van der Waals surface area contributed by atoms with Gasteiger partial charge in [0.05, 0.1) is 15.0 Å². The third-order valence-corrected chi connectivity index (χ3v) is 0.307. The van der Waals surface area contributed by atoms with Crippen molar-refractivity contribution in [1.29, 1.82) is 0 Å². The first kappa shape index (κ1) is 1.93. The van der Waals surface area contributed by atoms with Crippen molar-refractivity contribution in [3.8, 4) is 0 Å². The molecule has 0 heterocycles. The number of hydrogen-bond acceptors (Lipinski definition) is 3. The Morgan fingerprint density at radius 3 is 3.33 bits per heavy atom. The van der Waals surface area contributed by atoms with Crippen molar-refractivity contribution < 1.29 is 13.7 Å². The molecular weight excluding hydrogens is 82.0 g/mol. The Kier molecular flexibility index (Phi) is 0.854. The standard InChI is InChI=1S/C3H7NO2/c1-6-3(5)2-4/h2,4H2,1H3/i2D/hD2. The van der Waals surface area contributed by atoms with Gasteiger partial charge in [-0.25, -0.2) is 0 Å². The SMILES string of the molecule is [2H]C(C(=O)OC)N([2H])[2H]. The van der Waals surface area contributed by atoms with Crippen LogP contribution in [0.2, 0.25) is 2.82 Å². The Morgan fingerprint density at radius 1 is 2.50 bits per heavy atom. The van der Waals surface area contributed by atoms with E-state index in [1.54, 1.807) is 0 Å². The van der Waals surface area contributed by atoms with Gasteiger partial charge in [-0.15, -0.1) is 0 Å². The molecule has 0 spiro atoms. The van der Waals surface area contributed by atoms with E-state index in [0.29, 0.717) is 0 Å². The molecule has 0 aromatic carbocycles. The second-order valence-electron chi connectivity index (χ2n) is 0.652. The number of carbonyl (C=O) groups is 1. The number of methoxy groups -OCH3 is 1. The van der Waals surface area contributed by atoms with Crippen LogP contribution in [-0.2, 0) is 9.53 Å². The number of rotatable bonds is 2. The van der Waals surface area contributed by atoms with Crippen LogP contribution in [0.25, 0.3) is 0 Å². The summed E-state index contributed by atoms with van der Waals surface area (Å²) in [5.41, 5.74) is -0.0359. The number of carbonyl (C=O) groups excluding carboxylic acids is 1. The summed E-state index contributed by atoms with van der Waals surface area (Å²) in [6, 6.07) is 0. The molecule has 0 amide bonds. The van der Waals surface area contributed by atoms with Crippen LogP contribution in [0.1, 0.15) is 1.37 Å². The maximum atomic E-state index is 10.3. The van der Waals surface area contributed by atoms with Gasteiger partial charge in [0.15, 0.2) is 0 Å². The number of ether oxygens (including phenoxy) is 1. The number of nitrogens with two attached hydrogens (primary N) is 1. The maximum absolute atomic E-state index is 10.3. The maximum Gasteiger partial charge on any atom is 0.319 e. The molecule has 0 bridgehead atoms. The molecule has 0 aromatic rings. The van der Waals surface area contributed by atoms with E-state index in [-0.39, 0.29) is 5.72 Å². The molecule has 1 unspecified atom stereocenters. The van der Waals surface area contributed by atoms with Gasteiger partial charge < -0.3 is 10.5 Å². The normalized spacial score (nSPS) is 20.7. The largest absolute Gasteiger partial charge is 0.468 e. The zero-order chi connectivity index (χ0) is 7.44. The van der Waals surface area contributed by atoms with Gasteiger partial charge in [0.1, 0.15) is 2.82 Å². The van der Waals surface area contributed by atoms with Crippen LogP contribution in [0.15, 0.2) is 0 Å². The van der Waals surface area contributed by atoms with Crippen molar-refractivity contribution in [2.24, 2.45) is 5.72 Å². The highest BCUT2D eigenvalue weighted by Crippen LogP contribution is 1.61. The summed E-state index contributed by atoms with van der Waals surface area (Å²) in [7, 11) is 1.10. The summed E-state index contributed by atoms with van der Waals surface area (Å²) in [6.07, 6.45) is 0. The summed E-state index contributed by atoms with van der Waals surface area (Å²) in [4.78, 5) is 10.3. The summed E-state index contributed by atoms with van der Waals surface area (Å²) >= 11 is 0. The molecule has 0 aliphatic rings. The van der Waals surface area contributed by atoms with Crippen molar-refractivity contribution in [3.05, 3.63) is 0 Å². The Morgan fingerprint density at radius 2 is 3.17 bits per heavy atom. The van der Waals surface area contributed by atoms with Crippen molar-refractivity contribution in [2.75, 3.05) is 13.6 Å². The molecule has 0 aliphatic heterocycles. The lowest BCUT2D eigenvalue weighted by Gasteiger charge is -1.87. The second kappa shape index (κ2) is 2.66. The van der Waals surface area contributed by atoms with Crippen LogP contribution in [0, 0.1) is 0 Å².